The van der Waals surface area contributed by atoms with Crippen molar-refractivity contribution in [1.82, 2.24) is 5.32 Å². The Morgan fingerprint density at radius 3 is 2.42 bits per heavy atom. The largest absolute Gasteiger partial charge is 0.491 e. The van der Waals surface area contributed by atoms with Gasteiger partial charge in [-0.05, 0) is 43.4 Å². The van der Waals surface area contributed by atoms with Crippen molar-refractivity contribution in [2.24, 2.45) is 5.41 Å². The molecular weight excluding hydrogens is 302 g/mol. The summed E-state index contributed by atoms with van der Waals surface area (Å²) in [6, 6.07) is 7.77. The Balaban J connectivity index is 1.94. The van der Waals surface area contributed by atoms with Crippen LogP contribution in [0, 0.1) is 5.41 Å². The first kappa shape index (κ1) is 16.7. The average Bonchev–Trinajstić information content (AvgIpc) is 2.44. The normalized spacial score (nSPS) is 23.1. The lowest BCUT2D eigenvalue weighted by Gasteiger charge is -2.37. The monoisotopic (exact) mass is 327 g/mol. The molecule has 0 bridgehead atoms. The standard InChI is InChI=1S/C20H25NO3/c1-12(2)24-14-7-5-13(6-8-14)15-9-18(23)21-16-10-20(3,4)11-17(22)19(15)16/h5-8,12,15H,9-11H2,1-4H3,(H,21,23)/t15-/m1/s1. The van der Waals surface area contributed by atoms with Crippen molar-refractivity contribution in [2.45, 2.75) is 59.0 Å². The molecule has 1 aromatic rings. The van der Waals surface area contributed by atoms with Gasteiger partial charge in [-0.3, -0.25) is 9.59 Å². The first-order chi connectivity index (χ1) is 11.2. The molecule has 4 heteroatoms. The van der Waals surface area contributed by atoms with Gasteiger partial charge in [0.05, 0.1) is 6.10 Å². The zero-order chi connectivity index (χ0) is 17.5. The second-order valence-corrected chi connectivity index (χ2v) is 7.87. The summed E-state index contributed by atoms with van der Waals surface area (Å²) in [5.74, 6) is 0.810. The zero-order valence-electron chi connectivity index (χ0n) is 14.8. The lowest BCUT2D eigenvalue weighted by Crippen LogP contribution is -2.40. The summed E-state index contributed by atoms with van der Waals surface area (Å²) >= 11 is 0. The number of rotatable bonds is 3. The third-order valence-electron chi connectivity index (χ3n) is 4.60. The van der Waals surface area contributed by atoms with Gasteiger partial charge in [0.2, 0.25) is 5.91 Å². The molecule has 1 atom stereocenters. The summed E-state index contributed by atoms with van der Waals surface area (Å²) in [6.07, 6.45) is 1.72. The van der Waals surface area contributed by atoms with Gasteiger partial charge in [-0.15, -0.1) is 0 Å². The van der Waals surface area contributed by atoms with E-state index in [9.17, 15) is 9.59 Å². The van der Waals surface area contributed by atoms with Gasteiger partial charge in [0, 0.05) is 30.0 Å². The second-order valence-electron chi connectivity index (χ2n) is 7.87. The molecule has 1 N–H and O–H groups in total. The maximum absolute atomic E-state index is 12.7. The van der Waals surface area contributed by atoms with Gasteiger partial charge >= 0.3 is 0 Å². The first-order valence-corrected chi connectivity index (χ1v) is 8.58. The van der Waals surface area contributed by atoms with Crippen molar-refractivity contribution in [3.05, 3.63) is 41.1 Å². The number of benzene rings is 1. The Labute approximate surface area is 143 Å². The molecule has 24 heavy (non-hydrogen) atoms. The predicted octanol–water partition coefficient (Wildman–Crippen LogP) is 3.72. The molecule has 3 rings (SSSR count). The van der Waals surface area contributed by atoms with Crippen LogP contribution in [-0.4, -0.2) is 17.8 Å². The fraction of sp³-hybridized carbons (Fsp3) is 0.500. The highest BCUT2D eigenvalue weighted by Gasteiger charge is 2.40. The van der Waals surface area contributed by atoms with Gasteiger partial charge in [0.15, 0.2) is 5.78 Å². The lowest BCUT2D eigenvalue weighted by atomic mass is 9.70. The van der Waals surface area contributed by atoms with Crippen LogP contribution in [0.2, 0.25) is 0 Å². The Morgan fingerprint density at radius 2 is 1.79 bits per heavy atom. The number of carbonyl (C=O) groups excluding carboxylic acids is 2. The molecule has 0 saturated carbocycles. The third-order valence-corrected chi connectivity index (χ3v) is 4.60. The van der Waals surface area contributed by atoms with Crippen LogP contribution in [0.25, 0.3) is 0 Å². The molecule has 1 heterocycles. The topological polar surface area (TPSA) is 55.4 Å². The molecule has 0 spiro atoms. The van der Waals surface area contributed by atoms with Crippen LogP contribution in [0.15, 0.2) is 35.5 Å². The predicted molar refractivity (Wildman–Crippen MR) is 92.8 cm³/mol. The number of ketones is 1. The number of hydrogen-bond donors (Lipinski definition) is 1. The average molecular weight is 327 g/mol. The number of nitrogens with one attached hydrogen (secondary N) is 1. The van der Waals surface area contributed by atoms with Gasteiger partial charge in [-0.1, -0.05) is 26.0 Å². The second kappa shape index (κ2) is 6.08. The van der Waals surface area contributed by atoms with Gasteiger partial charge in [-0.2, -0.15) is 0 Å². The van der Waals surface area contributed by atoms with Gasteiger partial charge in [-0.25, -0.2) is 0 Å². The Morgan fingerprint density at radius 1 is 1.12 bits per heavy atom. The minimum absolute atomic E-state index is 0.00763. The molecule has 0 aromatic heterocycles. The van der Waals surface area contributed by atoms with Gasteiger partial charge in [0.25, 0.3) is 0 Å². The van der Waals surface area contributed by atoms with Crippen LogP contribution < -0.4 is 10.1 Å². The van der Waals surface area contributed by atoms with E-state index in [1.165, 1.54) is 0 Å². The van der Waals surface area contributed by atoms with E-state index < -0.39 is 0 Å². The van der Waals surface area contributed by atoms with E-state index in [1.807, 2.05) is 38.1 Å². The van der Waals surface area contributed by atoms with Gasteiger partial charge in [0.1, 0.15) is 5.75 Å². The van der Waals surface area contributed by atoms with E-state index in [1.54, 1.807) is 0 Å². The summed E-state index contributed by atoms with van der Waals surface area (Å²) in [6.45, 7) is 8.11. The fourth-order valence-corrected chi connectivity index (χ4v) is 3.69. The molecule has 2 aliphatic rings. The minimum atomic E-state index is -0.148. The SMILES string of the molecule is CC(C)Oc1ccc([C@H]2CC(=O)NC3=C2C(=O)CC(C)(C)C3)cc1. The maximum Gasteiger partial charge on any atom is 0.225 e. The molecule has 0 saturated heterocycles. The molecule has 1 aromatic carbocycles. The molecule has 1 amide bonds. The van der Waals surface area contributed by atoms with Crippen molar-refractivity contribution < 1.29 is 14.3 Å². The van der Waals surface area contributed by atoms with Crippen molar-refractivity contribution in [3.63, 3.8) is 0 Å². The number of ether oxygens (including phenoxy) is 1. The Hall–Kier alpha value is -2.10. The summed E-state index contributed by atoms with van der Waals surface area (Å²) < 4.78 is 5.67. The minimum Gasteiger partial charge on any atom is -0.491 e. The Bertz CT molecular complexity index is 698. The highest BCUT2D eigenvalue weighted by molar-refractivity contribution is 6.02. The third kappa shape index (κ3) is 3.37. The number of amides is 1. The number of allylic oxidation sites excluding steroid dienone is 2. The number of hydrogen-bond acceptors (Lipinski definition) is 3. The summed E-state index contributed by atoms with van der Waals surface area (Å²) in [5, 5.41) is 2.94. The molecule has 4 nitrogen and oxygen atoms in total. The van der Waals surface area contributed by atoms with E-state index in [4.69, 9.17) is 4.74 Å². The van der Waals surface area contributed by atoms with Crippen LogP contribution in [0.1, 0.15) is 58.4 Å². The van der Waals surface area contributed by atoms with Crippen LogP contribution in [0.3, 0.4) is 0 Å². The smallest absolute Gasteiger partial charge is 0.225 e. The molecule has 1 aliphatic heterocycles. The van der Waals surface area contributed by atoms with E-state index in [2.05, 4.69) is 19.2 Å². The molecule has 0 radical (unpaired) electrons. The van der Waals surface area contributed by atoms with E-state index in [0.717, 1.165) is 29.0 Å². The fourth-order valence-electron chi connectivity index (χ4n) is 3.69. The summed E-state index contributed by atoms with van der Waals surface area (Å²) in [5.41, 5.74) is 2.52. The van der Waals surface area contributed by atoms with E-state index in [-0.39, 0.29) is 29.1 Å². The Kier molecular flexibility index (Phi) is 4.24. The maximum atomic E-state index is 12.7. The summed E-state index contributed by atoms with van der Waals surface area (Å²) in [4.78, 5) is 24.9. The van der Waals surface area contributed by atoms with Crippen LogP contribution in [0.4, 0.5) is 0 Å². The van der Waals surface area contributed by atoms with E-state index in [0.29, 0.717) is 12.8 Å². The molecule has 1 aliphatic carbocycles. The first-order valence-electron chi connectivity index (χ1n) is 8.58. The lowest BCUT2D eigenvalue weighted by molar-refractivity contribution is -0.122. The van der Waals surface area contributed by atoms with Crippen molar-refractivity contribution in [1.29, 1.82) is 0 Å². The quantitative estimate of drug-likeness (QED) is 0.920. The summed E-state index contributed by atoms with van der Waals surface area (Å²) in [7, 11) is 0. The van der Waals surface area contributed by atoms with Crippen LogP contribution >= 0.6 is 0 Å². The van der Waals surface area contributed by atoms with Crippen molar-refractivity contribution in [3.8, 4) is 5.75 Å². The highest BCUT2D eigenvalue weighted by atomic mass is 16.5. The number of carbonyl (C=O) groups is 2. The van der Waals surface area contributed by atoms with Gasteiger partial charge < -0.3 is 10.1 Å². The van der Waals surface area contributed by atoms with E-state index >= 15 is 0 Å². The van der Waals surface area contributed by atoms with Crippen molar-refractivity contribution >= 4 is 11.7 Å². The molecular formula is C20H25NO3. The van der Waals surface area contributed by atoms with Crippen LogP contribution in [0.5, 0.6) is 5.75 Å². The molecule has 0 unspecified atom stereocenters. The highest BCUT2D eigenvalue weighted by Crippen LogP contribution is 2.44. The van der Waals surface area contributed by atoms with Crippen LogP contribution in [-0.2, 0) is 9.59 Å². The molecule has 0 fully saturated rings. The molecule has 128 valence electrons. The van der Waals surface area contributed by atoms with Crippen molar-refractivity contribution in [2.75, 3.05) is 0 Å². The number of Topliss-reactive ketones (excluding diaryl/α,β-unsaturated/α-hetero) is 1. The zero-order valence-corrected chi connectivity index (χ0v) is 14.8.